The lowest BCUT2D eigenvalue weighted by Gasteiger charge is -2.27. The Bertz CT molecular complexity index is 1320. The van der Waals surface area contributed by atoms with Crippen LogP contribution in [0.1, 0.15) is 42.9 Å². The second kappa shape index (κ2) is 12.9. The van der Waals surface area contributed by atoms with E-state index in [0.29, 0.717) is 24.6 Å². The van der Waals surface area contributed by atoms with Crippen molar-refractivity contribution >= 4 is 21.6 Å². The Balaban J connectivity index is 1.55. The van der Waals surface area contributed by atoms with Crippen LogP contribution in [-0.4, -0.2) is 45.5 Å². The smallest absolute Gasteiger partial charge is 0.264 e. The number of hydrogen-bond acceptors (Lipinski definition) is 5. The molecule has 0 saturated carbocycles. The van der Waals surface area contributed by atoms with E-state index in [2.05, 4.69) is 16.3 Å². The van der Waals surface area contributed by atoms with Gasteiger partial charge in [-0.05, 0) is 75.2 Å². The molecule has 1 aliphatic heterocycles. The molecule has 0 spiro atoms. The number of carbonyl (C=O) groups is 1. The molecule has 3 aromatic carbocycles. The summed E-state index contributed by atoms with van der Waals surface area (Å²) in [6.07, 6.45) is 3.71. The molecule has 1 heterocycles. The average molecular weight is 536 g/mol. The van der Waals surface area contributed by atoms with E-state index in [1.807, 2.05) is 32.0 Å². The zero-order valence-electron chi connectivity index (χ0n) is 22.2. The summed E-state index contributed by atoms with van der Waals surface area (Å²) < 4.78 is 34.4. The number of likely N-dealkylation sites (tertiary alicyclic amines) is 1. The molecule has 7 nitrogen and oxygen atoms in total. The lowest BCUT2D eigenvalue weighted by molar-refractivity contribution is -0.119. The minimum absolute atomic E-state index is 0.120. The summed E-state index contributed by atoms with van der Waals surface area (Å²) in [4.78, 5) is 15.8. The normalized spacial score (nSPS) is 14.2. The summed E-state index contributed by atoms with van der Waals surface area (Å²) in [5.41, 5.74) is 3.50. The average Bonchev–Trinajstić information content (AvgIpc) is 2.93. The van der Waals surface area contributed by atoms with Crippen LogP contribution in [0.3, 0.4) is 0 Å². The van der Waals surface area contributed by atoms with Gasteiger partial charge in [0, 0.05) is 13.1 Å². The van der Waals surface area contributed by atoms with Gasteiger partial charge in [-0.15, -0.1) is 0 Å². The highest BCUT2D eigenvalue weighted by atomic mass is 32.2. The second-order valence-corrected chi connectivity index (χ2v) is 11.5. The van der Waals surface area contributed by atoms with Crippen LogP contribution in [0.15, 0.2) is 77.7 Å². The largest absolute Gasteiger partial charge is 0.492 e. The van der Waals surface area contributed by atoms with E-state index in [4.69, 9.17) is 4.74 Å². The third kappa shape index (κ3) is 6.94. The molecule has 1 fully saturated rings. The highest BCUT2D eigenvalue weighted by Gasteiger charge is 2.29. The van der Waals surface area contributed by atoms with Crippen molar-refractivity contribution in [3.8, 4) is 5.75 Å². The fourth-order valence-electron chi connectivity index (χ4n) is 4.70. The summed E-state index contributed by atoms with van der Waals surface area (Å²) in [6.45, 7) is 7.09. The van der Waals surface area contributed by atoms with E-state index < -0.39 is 10.0 Å². The maximum atomic E-state index is 13.8. The molecular formula is C30H37N3O4S. The van der Waals surface area contributed by atoms with E-state index in [-0.39, 0.29) is 17.3 Å². The molecule has 202 valence electrons. The highest BCUT2D eigenvalue weighted by molar-refractivity contribution is 7.92. The van der Waals surface area contributed by atoms with Crippen LogP contribution in [0.4, 0.5) is 5.69 Å². The first-order valence-electron chi connectivity index (χ1n) is 13.3. The van der Waals surface area contributed by atoms with Crippen LogP contribution in [-0.2, 0) is 27.9 Å². The molecule has 1 amide bonds. The van der Waals surface area contributed by atoms with Crippen LogP contribution in [0.5, 0.6) is 5.75 Å². The number of aryl methyl sites for hydroxylation is 1. The summed E-state index contributed by atoms with van der Waals surface area (Å²) in [7, 11) is -4.03. The first kappa shape index (κ1) is 27.7. The summed E-state index contributed by atoms with van der Waals surface area (Å²) in [5.74, 6) is 0.0186. The van der Waals surface area contributed by atoms with Crippen LogP contribution >= 0.6 is 0 Å². The van der Waals surface area contributed by atoms with Gasteiger partial charge in [-0.3, -0.25) is 14.0 Å². The number of sulfonamides is 1. The zero-order chi connectivity index (χ0) is 27.0. The molecule has 8 heteroatoms. The molecular weight excluding hydrogens is 498 g/mol. The molecule has 4 rings (SSSR count). The monoisotopic (exact) mass is 535 g/mol. The number of piperidine rings is 1. The van der Waals surface area contributed by atoms with Gasteiger partial charge in [0.2, 0.25) is 5.91 Å². The van der Waals surface area contributed by atoms with E-state index >= 15 is 0 Å². The number of carbonyl (C=O) groups excluding carboxylic acids is 1. The van der Waals surface area contributed by atoms with Gasteiger partial charge in [0.1, 0.15) is 12.3 Å². The molecule has 3 aromatic rings. The van der Waals surface area contributed by atoms with Gasteiger partial charge in [-0.25, -0.2) is 8.42 Å². The maximum absolute atomic E-state index is 13.8. The summed E-state index contributed by atoms with van der Waals surface area (Å²) in [5, 5.41) is 2.96. The number of anilines is 1. The number of ether oxygens (including phenoxy) is 1. The number of hydrogen-bond donors (Lipinski definition) is 1. The fraction of sp³-hybridized carbons (Fsp3) is 0.367. The van der Waals surface area contributed by atoms with Crippen molar-refractivity contribution < 1.29 is 17.9 Å². The number of nitrogens with one attached hydrogen (secondary N) is 1. The minimum Gasteiger partial charge on any atom is -0.492 e. The minimum atomic E-state index is -4.03. The number of amides is 1. The van der Waals surface area contributed by atoms with Crippen molar-refractivity contribution in [2.75, 3.05) is 30.5 Å². The Kier molecular flexibility index (Phi) is 9.42. The van der Waals surface area contributed by atoms with Gasteiger partial charge in [0.15, 0.2) is 0 Å². The SMILES string of the molecule is CCOc1ccccc1N(CC(=O)NCc1ccccc1CN1CCCCC1)S(=O)(=O)c1ccc(C)cc1. The first-order valence-corrected chi connectivity index (χ1v) is 14.7. The van der Waals surface area contributed by atoms with Gasteiger partial charge in [0.25, 0.3) is 10.0 Å². The zero-order valence-corrected chi connectivity index (χ0v) is 23.0. The molecule has 0 aliphatic carbocycles. The van der Waals surface area contributed by atoms with Crippen molar-refractivity contribution in [3.05, 3.63) is 89.5 Å². The Morgan fingerprint density at radius 1 is 0.921 bits per heavy atom. The summed E-state index contributed by atoms with van der Waals surface area (Å²) in [6, 6.07) is 21.6. The third-order valence-electron chi connectivity index (χ3n) is 6.77. The molecule has 0 aromatic heterocycles. The van der Waals surface area contributed by atoms with Crippen LogP contribution < -0.4 is 14.4 Å². The van der Waals surface area contributed by atoms with Gasteiger partial charge in [0.05, 0.1) is 17.2 Å². The van der Waals surface area contributed by atoms with Crippen molar-refractivity contribution in [3.63, 3.8) is 0 Å². The second-order valence-electron chi connectivity index (χ2n) is 9.61. The Morgan fingerprint density at radius 2 is 1.58 bits per heavy atom. The van der Waals surface area contributed by atoms with Gasteiger partial charge < -0.3 is 10.1 Å². The Hall–Kier alpha value is -3.36. The number of rotatable bonds is 11. The third-order valence-corrected chi connectivity index (χ3v) is 8.54. The lowest BCUT2D eigenvalue weighted by Crippen LogP contribution is -2.41. The Labute approximate surface area is 226 Å². The van der Waals surface area contributed by atoms with E-state index in [0.717, 1.165) is 35.1 Å². The molecule has 0 atom stereocenters. The molecule has 0 unspecified atom stereocenters. The van der Waals surface area contributed by atoms with Crippen LogP contribution in [0.25, 0.3) is 0 Å². The molecule has 38 heavy (non-hydrogen) atoms. The van der Waals surface area contributed by atoms with Crippen molar-refractivity contribution in [1.29, 1.82) is 0 Å². The van der Waals surface area contributed by atoms with Crippen molar-refractivity contribution in [2.45, 2.75) is 51.1 Å². The fourth-order valence-corrected chi connectivity index (χ4v) is 6.13. The maximum Gasteiger partial charge on any atom is 0.264 e. The molecule has 0 bridgehead atoms. The molecule has 1 N–H and O–H groups in total. The standard InChI is InChI=1S/C30H37N3O4S/c1-3-37-29-14-8-7-13-28(29)33(38(35,36)27-17-15-24(2)16-18-27)23-30(34)31-21-25-11-5-6-12-26(25)22-32-19-9-4-10-20-32/h5-8,11-18H,3-4,9-10,19-23H2,1-2H3,(H,31,34). The van der Waals surface area contributed by atoms with Crippen molar-refractivity contribution in [1.82, 2.24) is 10.2 Å². The predicted octanol–water partition coefficient (Wildman–Crippen LogP) is 4.89. The van der Waals surface area contributed by atoms with Gasteiger partial charge in [-0.1, -0.05) is 60.5 Å². The number of nitrogens with zero attached hydrogens (tertiary/aromatic N) is 2. The lowest BCUT2D eigenvalue weighted by atomic mass is 10.0. The quantitative estimate of drug-likeness (QED) is 0.378. The van der Waals surface area contributed by atoms with Crippen LogP contribution in [0, 0.1) is 6.92 Å². The molecule has 1 aliphatic rings. The predicted molar refractivity (Wildman–Crippen MR) is 151 cm³/mol. The highest BCUT2D eigenvalue weighted by Crippen LogP contribution is 2.32. The van der Waals surface area contributed by atoms with E-state index in [1.54, 1.807) is 48.5 Å². The van der Waals surface area contributed by atoms with E-state index in [9.17, 15) is 13.2 Å². The van der Waals surface area contributed by atoms with Crippen LogP contribution in [0.2, 0.25) is 0 Å². The number of para-hydroxylation sites is 2. The van der Waals surface area contributed by atoms with Gasteiger partial charge in [-0.2, -0.15) is 0 Å². The molecule has 0 radical (unpaired) electrons. The van der Waals surface area contributed by atoms with Gasteiger partial charge >= 0.3 is 0 Å². The number of benzene rings is 3. The first-order chi connectivity index (χ1) is 18.4. The van der Waals surface area contributed by atoms with Crippen molar-refractivity contribution in [2.24, 2.45) is 0 Å². The summed E-state index contributed by atoms with van der Waals surface area (Å²) >= 11 is 0. The van der Waals surface area contributed by atoms with E-state index in [1.165, 1.54) is 24.8 Å². The topological polar surface area (TPSA) is 79.0 Å². The molecule has 1 saturated heterocycles. The Morgan fingerprint density at radius 3 is 2.29 bits per heavy atom.